The van der Waals surface area contributed by atoms with Crippen LogP contribution < -0.4 is 11.1 Å². The SMILES string of the molecule is Cc1ccc(C(=O)NCC2(CN)CCC2)c(C)c1. The van der Waals surface area contributed by atoms with Crippen LogP contribution in [-0.2, 0) is 0 Å². The van der Waals surface area contributed by atoms with Crippen LogP contribution in [0.25, 0.3) is 0 Å². The molecule has 3 heteroatoms. The maximum atomic E-state index is 12.1. The van der Waals surface area contributed by atoms with Gasteiger partial charge in [0.2, 0.25) is 0 Å². The van der Waals surface area contributed by atoms with Gasteiger partial charge in [-0.2, -0.15) is 0 Å². The highest BCUT2D eigenvalue weighted by Crippen LogP contribution is 2.39. The van der Waals surface area contributed by atoms with Crippen LogP contribution in [0.5, 0.6) is 0 Å². The zero-order valence-electron chi connectivity index (χ0n) is 11.3. The second-order valence-electron chi connectivity index (χ2n) is 5.56. The summed E-state index contributed by atoms with van der Waals surface area (Å²) >= 11 is 0. The van der Waals surface area contributed by atoms with Crippen LogP contribution in [0.1, 0.15) is 40.7 Å². The lowest BCUT2D eigenvalue weighted by atomic mass is 9.69. The monoisotopic (exact) mass is 246 g/mol. The molecule has 2 rings (SSSR count). The predicted octanol–water partition coefficient (Wildman–Crippen LogP) is 2.16. The van der Waals surface area contributed by atoms with E-state index in [0.717, 1.165) is 24.0 Å². The number of rotatable bonds is 4. The number of amides is 1. The lowest BCUT2D eigenvalue weighted by Crippen LogP contribution is -2.47. The fraction of sp³-hybridized carbons (Fsp3) is 0.533. The summed E-state index contributed by atoms with van der Waals surface area (Å²) in [6, 6.07) is 5.91. The van der Waals surface area contributed by atoms with Crippen molar-refractivity contribution < 1.29 is 4.79 Å². The molecule has 0 aromatic heterocycles. The molecule has 0 atom stereocenters. The Kier molecular flexibility index (Phi) is 3.71. The van der Waals surface area contributed by atoms with E-state index in [1.54, 1.807) is 0 Å². The van der Waals surface area contributed by atoms with Gasteiger partial charge in [0, 0.05) is 12.1 Å². The number of hydrogen-bond acceptors (Lipinski definition) is 2. The van der Waals surface area contributed by atoms with Gasteiger partial charge in [-0.05, 0) is 50.3 Å². The Morgan fingerprint density at radius 1 is 1.39 bits per heavy atom. The van der Waals surface area contributed by atoms with Crippen molar-refractivity contribution in [3.63, 3.8) is 0 Å². The van der Waals surface area contributed by atoms with Gasteiger partial charge < -0.3 is 11.1 Å². The number of hydrogen-bond donors (Lipinski definition) is 2. The van der Waals surface area contributed by atoms with E-state index >= 15 is 0 Å². The Morgan fingerprint density at radius 3 is 2.61 bits per heavy atom. The minimum Gasteiger partial charge on any atom is -0.351 e. The minimum atomic E-state index is 0.0206. The molecule has 0 spiro atoms. The zero-order chi connectivity index (χ0) is 13.2. The Labute approximate surface area is 109 Å². The highest BCUT2D eigenvalue weighted by Gasteiger charge is 2.35. The first-order valence-electron chi connectivity index (χ1n) is 6.62. The molecule has 0 radical (unpaired) electrons. The fourth-order valence-electron chi connectivity index (χ4n) is 2.56. The van der Waals surface area contributed by atoms with E-state index in [-0.39, 0.29) is 11.3 Å². The molecule has 18 heavy (non-hydrogen) atoms. The van der Waals surface area contributed by atoms with Crippen molar-refractivity contribution in [1.82, 2.24) is 5.32 Å². The number of nitrogens with one attached hydrogen (secondary N) is 1. The maximum absolute atomic E-state index is 12.1. The third-order valence-electron chi connectivity index (χ3n) is 4.10. The molecule has 0 saturated heterocycles. The van der Waals surface area contributed by atoms with Gasteiger partial charge in [-0.3, -0.25) is 4.79 Å². The largest absolute Gasteiger partial charge is 0.351 e. The number of benzene rings is 1. The van der Waals surface area contributed by atoms with Crippen LogP contribution in [0.2, 0.25) is 0 Å². The van der Waals surface area contributed by atoms with Crippen LogP contribution in [0.15, 0.2) is 18.2 Å². The summed E-state index contributed by atoms with van der Waals surface area (Å²) in [5.74, 6) is 0.0206. The van der Waals surface area contributed by atoms with Crippen LogP contribution in [-0.4, -0.2) is 19.0 Å². The summed E-state index contributed by atoms with van der Waals surface area (Å²) in [5.41, 5.74) is 8.94. The smallest absolute Gasteiger partial charge is 0.251 e. The average molecular weight is 246 g/mol. The molecule has 98 valence electrons. The molecule has 3 nitrogen and oxygen atoms in total. The predicted molar refractivity (Wildman–Crippen MR) is 73.6 cm³/mol. The lowest BCUT2D eigenvalue weighted by Gasteiger charge is -2.41. The van der Waals surface area contributed by atoms with Gasteiger partial charge in [0.1, 0.15) is 0 Å². The molecular weight excluding hydrogens is 224 g/mol. The van der Waals surface area contributed by atoms with Gasteiger partial charge >= 0.3 is 0 Å². The lowest BCUT2D eigenvalue weighted by molar-refractivity contribution is 0.0875. The van der Waals surface area contributed by atoms with Gasteiger partial charge in [0.05, 0.1) is 0 Å². The number of aryl methyl sites for hydroxylation is 2. The summed E-state index contributed by atoms with van der Waals surface area (Å²) in [4.78, 5) is 12.1. The normalized spacial score (nSPS) is 17.1. The molecule has 1 saturated carbocycles. The third-order valence-corrected chi connectivity index (χ3v) is 4.10. The van der Waals surface area contributed by atoms with Crippen molar-refractivity contribution >= 4 is 5.91 Å². The van der Waals surface area contributed by atoms with Crippen molar-refractivity contribution in [2.45, 2.75) is 33.1 Å². The molecule has 1 aliphatic carbocycles. The van der Waals surface area contributed by atoms with Crippen LogP contribution in [0, 0.1) is 19.3 Å². The van der Waals surface area contributed by atoms with E-state index in [1.807, 2.05) is 32.0 Å². The molecule has 1 aromatic carbocycles. The van der Waals surface area contributed by atoms with Gasteiger partial charge in [0.25, 0.3) is 5.91 Å². The molecule has 0 bridgehead atoms. The summed E-state index contributed by atoms with van der Waals surface area (Å²) in [5, 5.41) is 3.03. The van der Waals surface area contributed by atoms with Gasteiger partial charge in [-0.15, -0.1) is 0 Å². The Bertz CT molecular complexity index is 444. The van der Waals surface area contributed by atoms with E-state index in [0.29, 0.717) is 13.1 Å². The van der Waals surface area contributed by atoms with Crippen molar-refractivity contribution in [3.05, 3.63) is 34.9 Å². The van der Waals surface area contributed by atoms with Crippen LogP contribution in [0.4, 0.5) is 0 Å². The molecule has 0 aliphatic heterocycles. The molecule has 1 amide bonds. The minimum absolute atomic E-state index is 0.0206. The fourth-order valence-corrected chi connectivity index (χ4v) is 2.56. The topological polar surface area (TPSA) is 55.1 Å². The summed E-state index contributed by atoms with van der Waals surface area (Å²) in [7, 11) is 0. The van der Waals surface area contributed by atoms with E-state index in [4.69, 9.17) is 5.73 Å². The van der Waals surface area contributed by atoms with Crippen molar-refractivity contribution in [3.8, 4) is 0 Å². The summed E-state index contributed by atoms with van der Waals surface area (Å²) in [6.45, 7) is 5.38. The van der Waals surface area contributed by atoms with Crippen molar-refractivity contribution in [2.75, 3.05) is 13.1 Å². The van der Waals surface area contributed by atoms with Gasteiger partial charge in [0.15, 0.2) is 0 Å². The van der Waals surface area contributed by atoms with E-state index in [9.17, 15) is 4.79 Å². The van der Waals surface area contributed by atoms with E-state index < -0.39 is 0 Å². The highest BCUT2D eigenvalue weighted by atomic mass is 16.1. The Hall–Kier alpha value is -1.35. The summed E-state index contributed by atoms with van der Waals surface area (Å²) in [6.07, 6.45) is 3.50. The maximum Gasteiger partial charge on any atom is 0.251 e. The van der Waals surface area contributed by atoms with Gasteiger partial charge in [-0.1, -0.05) is 24.1 Å². The standard InChI is InChI=1S/C15H22N2O/c1-11-4-5-13(12(2)8-11)14(18)17-10-15(9-16)6-3-7-15/h4-5,8H,3,6-7,9-10,16H2,1-2H3,(H,17,18). The molecule has 0 unspecified atom stereocenters. The molecule has 3 N–H and O–H groups in total. The Morgan fingerprint density at radius 2 is 2.11 bits per heavy atom. The molecule has 1 fully saturated rings. The second kappa shape index (κ2) is 5.11. The van der Waals surface area contributed by atoms with E-state index in [1.165, 1.54) is 12.0 Å². The zero-order valence-corrected chi connectivity index (χ0v) is 11.3. The average Bonchev–Trinajstić information content (AvgIpc) is 2.27. The van der Waals surface area contributed by atoms with Crippen LogP contribution in [0.3, 0.4) is 0 Å². The van der Waals surface area contributed by atoms with E-state index in [2.05, 4.69) is 5.32 Å². The Balaban J connectivity index is 1.99. The van der Waals surface area contributed by atoms with Crippen LogP contribution >= 0.6 is 0 Å². The summed E-state index contributed by atoms with van der Waals surface area (Å²) < 4.78 is 0. The second-order valence-corrected chi connectivity index (χ2v) is 5.56. The molecular formula is C15H22N2O. The first kappa shape index (κ1) is 13.1. The van der Waals surface area contributed by atoms with Gasteiger partial charge in [-0.25, -0.2) is 0 Å². The van der Waals surface area contributed by atoms with Crippen molar-refractivity contribution in [2.24, 2.45) is 11.1 Å². The van der Waals surface area contributed by atoms with Crippen molar-refractivity contribution in [1.29, 1.82) is 0 Å². The molecule has 1 aliphatic rings. The molecule has 1 aromatic rings. The first-order chi connectivity index (χ1) is 8.56. The third kappa shape index (κ3) is 2.56. The highest BCUT2D eigenvalue weighted by molar-refractivity contribution is 5.95. The number of nitrogens with two attached hydrogens (primary N) is 1. The molecule has 0 heterocycles. The number of carbonyl (C=O) groups is 1. The first-order valence-corrected chi connectivity index (χ1v) is 6.62. The quantitative estimate of drug-likeness (QED) is 0.855. The number of carbonyl (C=O) groups excluding carboxylic acids is 1.